The largest absolute Gasteiger partial charge is 0.331 e. The predicted molar refractivity (Wildman–Crippen MR) is 70.9 cm³/mol. The highest BCUT2D eigenvalue weighted by Gasteiger charge is 2.06. The summed E-state index contributed by atoms with van der Waals surface area (Å²) in [6, 6.07) is 9.20. The summed E-state index contributed by atoms with van der Waals surface area (Å²) in [6.45, 7) is 4.74. The molecule has 4 nitrogen and oxygen atoms in total. The summed E-state index contributed by atoms with van der Waals surface area (Å²) in [7, 11) is 0. The van der Waals surface area contributed by atoms with E-state index in [1.165, 1.54) is 15.2 Å². The van der Waals surface area contributed by atoms with Crippen molar-refractivity contribution in [2.75, 3.05) is 0 Å². The topological polar surface area (TPSA) is 44.0 Å². The van der Waals surface area contributed by atoms with E-state index in [2.05, 4.69) is 0 Å². The second kappa shape index (κ2) is 5.04. The molecule has 0 saturated heterocycles. The van der Waals surface area contributed by atoms with E-state index < -0.39 is 0 Å². The Morgan fingerprint density at radius 1 is 1.11 bits per heavy atom. The van der Waals surface area contributed by atoms with Crippen LogP contribution in [0.1, 0.15) is 18.1 Å². The van der Waals surface area contributed by atoms with Crippen molar-refractivity contribution < 1.29 is 0 Å². The van der Waals surface area contributed by atoms with Gasteiger partial charge in [-0.15, -0.1) is 0 Å². The summed E-state index contributed by atoms with van der Waals surface area (Å²) in [5, 5.41) is 0. The molecule has 94 valence electrons. The van der Waals surface area contributed by atoms with Crippen molar-refractivity contribution in [2.24, 2.45) is 0 Å². The Kier molecular flexibility index (Phi) is 3.46. The Morgan fingerprint density at radius 2 is 1.83 bits per heavy atom. The van der Waals surface area contributed by atoms with Gasteiger partial charge in [0.1, 0.15) is 0 Å². The van der Waals surface area contributed by atoms with E-state index in [-0.39, 0.29) is 11.2 Å². The van der Waals surface area contributed by atoms with Crippen molar-refractivity contribution in [1.82, 2.24) is 9.13 Å². The SMILES string of the molecule is CCn1ccc(=O)n(Cc2ccccc2C)c1=O. The van der Waals surface area contributed by atoms with Crippen LogP contribution in [0, 0.1) is 6.92 Å². The molecule has 0 aliphatic carbocycles. The van der Waals surface area contributed by atoms with E-state index in [9.17, 15) is 9.59 Å². The number of benzene rings is 1. The highest BCUT2D eigenvalue weighted by atomic mass is 16.2. The molecule has 4 heteroatoms. The van der Waals surface area contributed by atoms with Gasteiger partial charge in [0.2, 0.25) is 0 Å². The minimum absolute atomic E-state index is 0.256. The fourth-order valence-corrected chi connectivity index (χ4v) is 1.90. The van der Waals surface area contributed by atoms with Gasteiger partial charge >= 0.3 is 5.69 Å². The molecule has 0 aliphatic rings. The minimum Gasteiger partial charge on any atom is -0.301 e. The lowest BCUT2D eigenvalue weighted by Gasteiger charge is -2.09. The van der Waals surface area contributed by atoms with E-state index >= 15 is 0 Å². The van der Waals surface area contributed by atoms with Gasteiger partial charge in [-0.05, 0) is 25.0 Å². The van der Waals surface area contributed by atoms with Crippen molar-refractivity contribution in [2.45, 2.75) is 26.9 Å². The first-order chi connectivity index (χ1) is 8.63. The van der Waals surface area contributed by atoms with Crippen LogP contribution in [0.15, 0.2) is 46.1 Å². The summed E-state index contributed by atoms with van der Waals surface area (Å²) in [4.78, 5) is 23.8. The molecule has 2 aromatic rings. The number of hydrogen-bond donors (Lipinski definition) is 0. The summed E-state index contributed by atoms with van der Waals surface area (Å²) < 4.78 is 2.80. The molecule has 0 N–H and O–H groups in total. The molecule has 1 aromatic heterocycles. The van der Waals surface area contributed by atoms with Gasteiger partial charge in [-0.25, -0.2) is 4.79 Å². The van der Waals surface area contributed by atoms with Crippen LogP contribution in [-0.2, 0) is 13.1 Å². The Balaban J connectivity index is 2.50. The maximum atomic E-state index is 12.1. The molecule has 0 bridgehead atoms. The third kappa shape index (κ3) is 2.27. The monoisotopic (exact) mass is 244 g/mol. The maximum absolute atomic E-state index is 12.1. The molecule has 1 heterocycles. The highest BCUT2D eigenvalue weighted by molar-refractivity contribution is 5.25. The molecule has 0 radical (unpaired) electrons. The average molecular weight is 244 g/mol. The summed E-state index contributed by atoms with van der Waals surface area (Å²) in [5.74, 6) is 0. The lowest BCUT2D eigenvalue weighted by atomic mass is 10.1. The van der Waals surface area contributed by atoms with Gasteiger partial charge in [0.05, 0.1) is 6.54 Å². The number of rotatable bonds is 3. The third-order valence-corrected chi connectivity index (χ3v) is 3.07. The molecule has 0 fully saturated rings. The molecular weight excluding hydrogens is 228 g/mol. The smallest absolute Gasteiger partial charge is 0.301 e. The van der Waals surface area contributed by atoms with Crippen molar-refractivity contribution in [3.05, 3.63) is 68.5 Å². The van der Waals surface area contributed by atoms with Crippen molar-refractivity contribution in [3.63, 3.8) is 0 Å². The zero-order valence-electron chi connectivity index (χ0n) is 10.6. The molecular formula is C14H16N2O2. The number of nitrogens with zero attached hydrogens (tertiary/aromatic N) is 2. The molecule has 1 aromatic carbocycles. The maximum Gasteiger partial charge on any atom is 0.331 e. The second-order valence-electron chi connectivity index (χ2n) is 4.24. The standard InChI is InChI=1S/C14H16N2O2/c1-3-15-9-8-13(17)16(14(15)18)10-12-7-5-4-6-11(12)2/h4-9H,3,10H2,1-2H3. The molecule has 0 amide bonds. The van der Waals surface area contributed by atoms with E-state index in [4.69, 9.17) is 0 Å². The quantitative estimate of drug-likeness (QED) is 0.819. The summed E-state index contributed by atoms with van der Waals surface area (Å²) >= 11 is 0. The van der Waals surface area contributed by atoms with Crippen LogP contribution < -0.4 is 11.2 Å². The van der Waals surface area contributed by atoms with Gasteiger partial charge in [0.25, 0.3) is 5.56 Å². The first-order valence-corrected chi connectivity index (χ1v) is 5.98. The fraction of sp³-hybridized carbons (Fsp3) is 0.286. The van der Waals surface area contributed by atoms with Gasteiger partial charge in [-0.2, -0.15) is 0 Å². The van der Waals surface area contributed by atoms with Crippen LogP contribution in [0.4, 0.5) is 0 Å². The van der Waals surface area contributed by atoms with Gasteiger partial charge in [-0.1, -0.05) is 24.3 Å². The number of aryl methyl sites for hydroxylation is 2. The second-order valence-corrected chi connectivity index (χ2v) is 4.24. The zero-order valence-corrected chi connectivity index (χ0v) is 10.6. The molecule has 0 spiro atoms. The molecule has 2 rings (SSSR count). The Labute approximate surface area is 105 Å². The minimum atomic E-state index is -0.257. The summed E-state index contributed by atoms with van der Waals surface area (Å²) in [6.07, 6.45) is 1.54. The Hall–Kier alpha value is -2.10. The van der Waals surface area contributed by atoms with Gasteiger partial charge < -0.3 is 4.57 Å². The summed E-state index contributed by atoms with van der Waals surface area (Å²) in [5.41, 5.74) is 1.56. The molecule has 0 saturated carbocycles. The lowest BCUT2D eigenvalue weighted by Crippen LogP contribution is -2.39. The van der Waals surface area contributed by atoms with Crippen LogP contribution in [0.5, 0.6) is 0 Å². The Morgan fingerprint density at radius 3 is 2.50 bits per heavy atom. The Bertz CT molecular complexity index is 668. The fourth-order valence-electron chi connectivity index (χ4n) is 1.90. The molecule has 0 unspecified atom stereocenters. The van der Waals surface area contributed by atoms with E-state index in [0.717, 1.165) is 11.1 Å². The van der Waals surface area contributed by atoms with E-state index in [1.807, 2.05) is 38.1 Å². The zero-order chi connectivity index (χ0) is 13.1. The first kappa shape index (κ1) is 12.4. The van der Waals surface area contributed by atoms with Crippen molar-refractivity contribution >= 4 is 0 Å². The third-order valence-electron chi connectivity index (χ3n) is 3.07. The molecule has 0 atom stereocenters. The predicted octanol–water partition coefficient (Wildman–Crippen LogP) is 1.39. The number of hydrogen-bond acceptors (Lipinski definition) is 2. The van der Waals surface area contributed by atoms with E-state index in [1.54, 1.807) is 6.20 Å². The number of aromatic nitrogens is 2. The average Bonchev–Trinajstić information content (AvgIpc) is 2.37. The van der Waals surface area contributed by atoms with Gasteiger partial charge in [-0.3, -0.25) is 9.36 Å². The highest BCUT2D eigenvalue weighted by Crippen LogP contribution is 2.06. The van der Waals surface area contributed by atoms with Gasteiger partial charge in [0, 0.05) is 18.8 Å². The first-order valence-electron chi connectivity index (χ1n) is 5.98. The van der Waals surface area contributed by atoms with Crippen molar-refractivity contribution in [1.29, 1.82) is 0 Å². The van der Waals surface area contributed by atoms with Crippen LogP contribution in [0.25, 0.3) is 0 Å². The van der Waals surface area contributed by atoms with Gasteiger partial charge in [0.15, 0.2) is 0 Å². The van der Waals surface area contributed by atoms with Crippen LogP contribution in [0.3, 0.4) is 0 Å². The molecule has 18 heavy (non-hydrogen) atoms. The van der Waals surface area contributed by atoms with Crippen LogP contribution >= 0.6 is 0 Å². The molecule has 0 aliphatic heterocycles. The normalized spacial score (nSPS) is 10.6. The van der Waals surface area contributed by atoms with Crippen molar-refractivity contribution in [3.8, 4) is 0 Å². The van der Waals surface area contributed by atoms with E-state index in [0.29, 0.717) is 13.1 Å². The lowest BCUT2D eigenvalue weighted by molar-refractivity contribution is 0.599. The van der Waals surface area contributed by atoms with Crippen LogP contribution in [-0.4, -0.2) is 9.13 Å². The van der Waals surface area contributed by atoms with Crippen LogP contribution in [0.2, 0.25) is 0 Å².